The summed E-state index contributed by atoms with van der Waals surface area (Å²) in [5.74, 6) is 0.636. The first-order chi connectivity index (χ1) is 9.43. The van der Waals surface area contributed by atoms with Crippen molar-refractivity contribution in [2.75, 3.05) is 18.0 Å². The lowest BCUT2D eigenvalue weighted by Crippen LogP contribution is -2.48. The molecule has 7 heteroatoms. The minimum absolute atomic E-state index is 0.0550. The van der Waals surface area contributed by atoms with Crippen molar-refractivity contribution in [3.05, 3.63) is 33.9 Å². The predicted octanol–water partition coefficient (Wildman–Crippen LogP) is 2.14. The molecule has 1 aliphatic rings. The fourth-order valence-electron chi connectivity index (χ4n) is 2.27. The highest BCUT2D eigenvalue weighted by molar-refractivity contribution is 8.00. The maximum atomic E-state index is 12.6. The normalized spacial score (nSPS) is 22.6. The molecule has 1 aromatic rings. The molecule has 20 heavy (non-hydrogen) atoms. The molecule has 108 valence electrons. The smallest absolute Gasteiger partial charge is 0.292 e. The number of para-hydroxylation sites is 1. The van der Waals surface area contributed by atoms with Crippen LogP contribution in [0.2, 0.25) is 0 Å². The van der Waals surface area contributed by atoms with Crippen molar-refractivity contribution in [1.82, 2.24) is 4.90 Å². The van der Waals surface area contributed by atoms with E-state index in [1.165, 1.54) is 12.1 Å². The first-order valence-electron chi connectivity index (χ1n) is 6.39. The van der Waals surface area contributed by atoms with Gasteiger partial charge in [0.05, 0.1) is 10.5 Å². The highest BCUT2D eigenvalue weighted by Crippen LogP contribution is 2.29. The van der Waals surface area contributed by atoms with Crippen LogP contribution in [-0.2, 0) is 0 Å². The first-order valence-corrected chi connectivity index (χ1v) is 7.43. The number of carbonyl (C=O) groups excluding carboxylic acids is 1. The van der Waals surface area contributed by atoms with Gasteiger partial charge in [-0.2, -0.15) is 11.8 Å². The van der Waals surface area contributed by atoms with Gasteiger partial charge in [-0.1, -0.05) is 13.0 Å². The van der Waals surface area contributed by atoms with Crippen LogP contribution in [0.25, 0.3) is 0 Å². The summed E-state index contributed by atoms with van der Waals surface area (Å²) in [4.78, 5) is 24.6. The fraction of sp³-hybridized carbons (Fsp3) is 0.462. The number of nitrogens with two attached hydrogens (primary N) is 1. The number of hydrogen-bond donors (Lipinski definition) is 1. The van der Waals surface area contributed by atoms with Gasteiger partial charge in [0.2, 0.25) is 0 Å². The van der Waals surface area contributed by atoms with Gasteiger partial charge in [0, 0.05) is 29.7 Å². The lowest BCUT2D eigenvalue weighted by Gasteiger charge is -2.37. The Bertz CT molecular complexity index is 550. The van der Waals surface area contributed by atoms with Crippen LogP contribution in [0.15, 0.2) is 18.2 Å². The summed E-state index contributed by atoms with van der Waals surface area (Å²) >= 11 is 1.82. The van der Waals surface area contributed by atoms with Crippen LogP contribution in [-0.4, -0.2) is 39.3 Å². The number of anilines is 1. The Morgan fingerprint density at radius 2 is 2.20 bits per heavy atom. The zero-order valence-corrected chi connectivity index (χ0v) is 12.2. The molecule has 0 aromatic heterocycles. The number of nitro benzene ring substituents is 1. The zero-order chi connectivity index (χ0) is 14.9. The van der Waals surface area contributed by atoms with E-state index in [9.17, 15) is 14.9 Å². The van der Waals surface area contributed by atoms with Gasteiger partial charge in [-0.25, -0.2) is 0 Å². The molecule has 0 radical (unpaired) electrons. The van der Waals surface area contributed by atoms with Crippen LogP contribution in [0.5, 0.6) is 0 Å². The molecule has 6 nitrogen and oxygen atoms in total. The summed E-state index contributed by atoms with van der Waals surface area (Å²) in [6, 6.07) is 4.43. The van der Waals surface area contributed by atoms with Crippen LogP contribution in [0, 0.1) is 10.1 Å². The van der Waals surface area contributed by atoms with E-state index in [0.717, 1.165) is 5.75 Å². The second kappa shape index (κ2) is 5.70. The van der Waals surface area contributed by atoms with Gasteiger partial charge in [-0.05, 0) is 13.0 Å². The van der Waals surface area contributed by atoms with Crippen LogP contribution in [0.1, 0.15) is 24.2 Å². The van der Waals surface area contributed by atoms with E-state index < -0.39 is 4.92 Å². The summed E-state index contributed by atoms with van der Waals surface area (Å²) in [6.45, 7) is 4.70. The number of amides is 1. The maximum Gasteiger partial charge on any atom is 0.292 e. The number of nitrogen functional groups attached to an aromatic ring is 1. The van der Waals surface area contributed by atoms with E-state index in [4.69, 9.17) is 5.73 Å². The van der Waals surface area contributed by atoms with Crippen LogP contribution in [0.3, 0.4) is 0 Å². The second-order valence-electron chi connectivity index (χ2n) is 4.81. The molecular weight excluding hydrogens is 278 g/mol. The number of benzene rings is 1. The van der Waals surface area contributed by atoms with Crippen LogP contribution in [0.4, 0.5) is 11.4 Å². The number of rotatable bonds is 2. The van der Waals surface area contributed by atoms with Gasteiger partial charge in [-0.15, -0.1) is 0 Å². The molecule has 0 aliphatic carbocycles. The molecule has 2 atom stereocenters. The van der Waals surface area contributed by atoms with E-state index in [0.29, 0.717) is 11.8 Å². The molecule has 1 amide bonds. The fourth-order valence-corrected chi connectivity index (χ4v) is 3.37. The highest BCUT2D eigenvalue weighted by Gasteiger charge is 2.31. The standard InChI is InChI=1S/C13H17N3O3S/c1-8-9(2)20-7-6-15(8)13(17)10-4-3-5-11(12(10)14)16(18)19/h3-5,8-9H,6-7,14H2,1-2H3. The SMILES string of the molecule is CC1SCCN(C(=O)c2cccc([N+](=O)[O-])c2N)C1C. The van der Waals surface area contributed by atoms with Crippen molar-refractivity contribution >= 4 is 29.0 Å². The van der Waals surface area contributed by atoms with Crippen molar-refractivity contribution in [2.45, 2.75) is 25.1 Å². The minimum atomic E-state index is -0.565. The summed E-state index contributed by atoms with van der Waals surface area (Å²) in [5, 5.41) is 11.2. The molecule has 2 rings (SSSR count). The van der Waals surface area contributed by atoms with Crippen molar-refractivity contribution in [1.29, 1.82) is 0 Å². The maximum absolute atomic E-state index is 12.6. The van der Waals surface area contributed by atoms with Gasteiger partial charge in [0.15, 0.2) is 0 Å². The highest BCUT2D eigenvalue weighted by atomic mass is 32.2. The molecule has 0 spiro atoms. The first kappa shape index (κ1) is 14.6. The molecule has 1 aliphatic heterocycles. The number of nitrogens with zero attached hydrogens (tertiary/aromatic N) is 2. The van der Waals surface area contributed by atoms with E-state index in [-0.39, 0.29) is 28.9 Å². The van der Waals surface area contributed by atoms with E-state index in [1.54, 1.807) is 11.0 Å². The quantitative estimate of drug-likeness (QED) is 0.513. The van der Waals surface area contributed by atoms with Crippen molar-refractivity contribution in [3.63, 3.8) is 0 Å². The van der Waals surface area contributed by atoms with Gasteiger partial charge in [0.25, 0.3) is 11.6 Å². The van der Waals surface area contributed by atoms with E-state index in [1.807, 2.05) is 18.7 Å². The van der Waals surface area contributed by atoms with Gasteiger partial charge in [-0.3, -0.25) is 14.9 Å². The number of thioether (sulfide) groups is 1. The van der Waals surface area contributed by atoms with Gasteiger partial charge in [0.1, 0.15) is 5.69 Å². The molecule has 2 unspecified atom stereocenters. The Kier molecular flexibility index (Phi) is 4.17. The Labute approximate surface area is 121 Å². The third-order valence-corrected chi connectivity index (χ3v) is 4.99. The largest absolute Gasteiger partial charge is 0.393 e. The minimum Gasteiger partial charge on any atom is -0.393 e. The topological polar surface area (TPSA) is 89.5 Å². The lowest BCUT2D eigenvalue weighted by molar-refractivity contribution is -0.383. The third kappa shape index (κ3) is 2.58. The summed E-state index contributed by atoms with van der Waals surface area (Å²) in [6.07, 6.45) is 0. The second-order valence-corrected chi connectivity index (χ2v) is 6.30. The summed E-state index contributed by atoms with van der Waals surface area (Å²) < 4.78 is 0. The van der Waals surface area contributed by atoms with E-state index in [2.05, 4.69) is 6.92 Å². The van der Waals surface area contributed by atoms with E-state index >= 15 is 0 Å². The molecule has 1 fully saturated rings. The Morgan fingerprint density at radius 3 is 2.85 bits per heavy atom. The molecule has 0 bridgehead atoms. The molecular formula is C13H17N3O3S. The number of nitro groups is 1. The Morgan fingerprint density at radius 1 is 1.50 bits per heavy atom. The van der Waals surface area contributed by atoms with Crippen molar-refractivity contribution in [2.24, 2.45) is 0 Å². The zero-order valence-electron chi connectivity index (χ0n) is 11.4. The predicted molar refractivity (Wildman–Crippen MR) is 79.9 cm³/mol. The van der Waals surface area contributed by atoms with Crippen LogP contribution < -0.4 is 5.73 Å². The molecule has 2 N–H and O–H groups in total. The van der Waals surface area contributed by atoms with Crippen LogP contribution >= 0.6 is 11.8 Å². The van der Waals surface area contributed by atoms with Gasteiger partial charge >= 0.3 is 0 Å². The molecule has 1 saturated heterocycles. The Hall–Kier alpha value is -1.76. The molecule has 0 saturated carbocycles. The number of hydrogen-bond acceptors (Lipinski definition) is 5. The number of carbonyl (C=O) groups is 1. The molecule has 1 heterocycles. The summed E-state index contributed by atoms with van der Waals surface area (Å²) in [7, 11) is 0. The molecule has 1 aromatic carbocycles. The average molecular weight is 295 g/mol. The third-order valence-electron chi connectivity index (χ3n) is 3.65. The monoisotopic (exact) mass is 295 g/mol. The lowest BCUT2D eigenvalue weighted by atomic mass is 10.1. The average Bonchev–Trinajstić information content (AvgIpc) is 2.41. The Balaban J connectivity index is 2.34. The van der Waals surface area contributed by atoms with Gasteiger partial charge < -0.3 is 10.6 Å². The van der Waals surface area contributed by atoms with Crippen molar-refractivity contribution in [3.8, 4) is 0 Å². The van der Waals surface area contributed by atoms with Crippen molar-refractivity contribution < 1.29 is 9.72 Å². The summed E-state index contributed by atoms with van der Waals surface area (Å²) in [5.41, 5.74) is 5.72.